The summed E-state index contributed by atoms with van der Waals surface area (Å²) in [5.41, 5.74) is 3.91. The van der Waals surface area contributed by atoms with Gasteiger partial charge in [0.05, 0.1) is 0 Å². The SMILES string of the molecule is C1=C[N-]c2c3c(ccc2=C1)=CC=C[N-]3.C1=C[N-]c2c3c(ccc2=C1)=CC=C[N-]3.OC(O)CCCCCC(O)O.OC(O)CCCCCC(O)O.[Pb+2].[Pb+2]. The summed E-state index contributed by atoms with van der Waals surface area (Å²) in [6.07, 6.45) is 24.2. The van der Waals surface area contributed by atoms with Crippen molar-refractivity contribution in [2.75, 3.05) is 0 Å². The minimum absolute atomic E-state index is 0. The molecule has 2 aromatic carbocycles. The summed E-state index contributed by atoms with van der Waals surface area (Å²) in [7, 11) is 0. The molecule has 14 heteroatoms. The third-order valence-electron chi connectivity index (χ3n) is 7.54. The number of aliphatic hydroxyl groups is 8. The molecule has 4 aliphatic rings. The van der Waals surface area contributed by atoms with E-state index in [1.807, 2.05) is 24.3 Å². The van der Waals surface area contributed by atoms with Gasteiger partial charge in [0.25, 0.3) is 0 Å². The van der Waals surface area contributed by atoms with E-state index in [1.54, 1.807) is 24.8 Å². The van der Waals surface area contributed by atoms with E-state index < -0.39 is 25.2 Å². The molecular formula is C38H48N4O8Pb2. The number of fused-ring (bicyclic) bond motifs is 6. The number of rotatable bonds is 12. The molecule has 0 bridgehead atoms. The average Bonchev–Trinajstić information content (AvgIpc) is 3.11. The largest absolute Gasteiger partial charge is 2.00 e. The van der Waals surface area contributed by atoms with Gasteiger partial charge in [-0.2, -0.15) is 24.8 Å². The van der Waals surface area contributed by atoms with Gasteiger partial charge in [-0.15, -0.1) is 22.7 Å². The van der Waals surface area contributed by atoms with Crippen molar-refractivity contribution in [3.8, 4) is 0 Å². The van der Waals surface area contributed by atoms with Crippen LogP contribution in [0.2, 0.25) is 0 Å². The van der Waals surface area contributed by atoms with Gasteiger partial charge in [-0.1, -0.05) is 85.7 Å². The summed E-state index contributed by atoms with van der Waals surface area (Å²) in [5, 5.41) is 89.3. The van der Waals surface area contributed by atoms with Crippen LogP contribution in [0.15, 0.2) is 73.4 Å². The van der Waals surface area contributed by atoms with Crippen LogP contribution >= 0.6 is 0 Å². The van der Waals surface area contributed by atoms with Crippen LogP contribution in [0.25, 0.3) is 45.6 Å². The summed E-state index contributed by atoms with van der Waals surface area (Å²) in [6.45, 7) is 0. The Morgan fingerprint density at radius 1 is 0.346 bits per heavy atom. The van der Waals surface area contributed by atoms with Gasteiger partial charge in [-0.3, -0.25) is 0 Å². The Labute approximate surface area is 345 Å². The smallest absolute Gasteiger partial charge is 0.665 e. The number of allylic oxidation sites excluding steroid dienone is 4. The molecule has 2 aromatic rings. The number of nitrogens with zero attached hydrogens (tertiary/aromatic N) is 4. The normalized spacial score (nSPS) is 13.2. The van der Waals surface area contributed by atoms with Crippen molar-refractivity contribution in [2.24, 2.45) is 0 Å². The zero-order valence-corrected chi connectivity index (χ0v) is 36.8. The van der Waals surface area contributed by atoms with Crippen molar-refractivity contribution >= 4 is 102 Å². The summed E-state index contributed by atoms with van der Waals surface area (Å²) < 4.78 is 0. The Balaban J connectivity index is 0.000000346. The predicted octanol–water partition coefficient (Wildman–Crippen LogP) is 2.98. The van der Waals surface area contributed by atoms with E-state index in [-0.39, 0.29) is 54.6 Å². The monoisotopic (exact) mass is 1100 g/mol. The topological polar surface area (TPSA) is 218 Å². The molecule has 52 heavy (non-hydrogen) atoms. The fourth-order valence-corrected chi connectivity index (χ4v) is 5.02. The number of unbranched alkanes of at least 4 members (excludes halogenated alkanes) is 4. The third kappa shape index (κ3) is 18.1. The Hall–Kier alpha value is -2.40. The number of benzene rings is 2. The molecule has 0 fully saturated rings. The summed E-state index contributed by atoms with van der Waals surface area (Å²) >= 11 is 0. The number of hydrogen-bond acceptors (Lipinski definition) is 8. The summed E-state index contributed by atoms with van der Waals surface area (Å²) in [5.74, 6) is 0. The van der Waals surface area contributed by atoms with Gasteiger partial charge < -0.3 is 62.1 Å². The minimum atomic E-state index is -1.23. The maximum atomic E-state index is 8.42. The van der Waals surface area contributed by atoms with Gasteiger partial charge in [-0.25, -0.2) is 0 Å². The Morgan fingerprint density at radius 3 is 0.750 bits per heavy atom. The molecule has 6 rings (SSSR count). The fraction of sp³-hybridized carbons (Fsp3) is 0.368. The van der Waals surface area contributed by atoms with Gasteiger partial charge >= 0.3 is 54.6 Å². The van der Waals surface area contributed by atoms with E-state index >= 15 is 0 Å². The van der Waals surface area contributed by atoms with E-state index in [1.165, 1.54) is 0 Å². The van der Waals surface area contributed by atoms with Crippen LogP contribution in [0, 0.1) is 0 Å². The predicted molar refractivity (Wildman–Crippen MR) is 208 cm³/mol. The van der Waals surface area contributed by atoms with Crippen LogP contribution < -0.4 is 20.9 Å². The van der Waals surface area contributed by atoms with Crippen molar-refractivity contribution < 1.29 is 40.9 Å². The quantitative estimate of drug-likeness (QED) is 0.0897. The van der Waals surface area contributed by atoms with Crippen LogP contribution in [0.3, 0.4) is 0 Å². The zero-order chi connectivity index (χ0) is 36.1. The van der Waals surface area contributed by atoms with Crippen molar-refractivity contribution in [1.29, 1.82) is 0 Å². The maximum absolute atomic E-state index is 8.42. The number of hydrogen-bond donors (Lipinski definition) is 8. The van der Waals surface area contributed by atoms with E-state index in [0.717, 1.165) is 56.5 Å². The van der Waals surface area contributed by atoms with Gasteiger partial charge in [0.1, 0.15) is 0 Å². The van der Waals surface area contributed by atoms with Crippen LogP contribution in [-0.2, 0) is 0 Å². The molecule has 4 radical (unpaired) electrons. The van der Waals surface area contributed by atoms with Gasteiger partial charge in [0, 0.05) is 0 Å². The molecular weight excluding hydrogens is 1050 g/mol. The van der Waals surface area contributed by atoms with Crippen LogP contribution in [-0.4, -0.2) is 121 Å². The van der Waals surface area contributed by atoms with Crippen molar-refractivity contribution in [2.45, 2.75) is 89.4 Å². The molecule has 4 aliphatic heterocycles. The van der Waals surface area contributed by atoms with Crippen LogP contribution in [0.5, 0.6) is 0 Å². The van der Waals surface area contributed by atoms with E-state index in [0.29, 0.717) is 51.4 Å². The second-order valence-corrected chi connectivity index (χ2v) is 11.6. The standard InChI is InChI=1S/2C12H8N2.2C7H16O4.2Pb/c2*1-3-9-5-6-10-4-2-8-14-12(10)11(9)13-7-1;2*8-6(9)4-2-1-3-5-7(10)11;;/h2*1-8H;2*6-11H,1-5H2;;/q2*-2;;;2*+2. The second kappa shape index (κ2) is 27.2. The fourth-order valence-electron chi connectivity index (χ4n) is 5.02. The first-order valence-corrected chi connectivity index (χ1v) is 16.8. The van der Waals surface area contributed by atoms with E-state index in [9.17, 15) is 0 Å². The Kier molecular flexibility index (Phi) is 24.9. The first-order valence-electron chi connectivity index (χ1n) is 16.8. The molecule has 276 valence electrons. The molecule has 8 N–H and O–H groups in total. The third-order valence-corrected chi connectivity index (χ3v) is 7.54. The number of aliphatic hydroxyl groups excluding tert-OH is 4. The molecule has 4 heterocycles. The minimum Gasteiger partial charge on any atom is -0.665 e. The van der Waals surface area contributed by atoms with Crippen LogP contribution in [0.1, 0.15) is 64.2 Å². The molecule has 0 atom stereocenters. The first kappa shape index (κ1) is 47.6. The molecule has 0 saturated carbocycles. The second-order valence-electron chi connectivity index (χ2n) is 11.6. The van der Waals surface area contributed by atoms with Crippen molar-refractivity contribution in [1.82, 2.24) is 0 Å². The molecule has 0 spiro atoms. The molecule has 0 aliphatic carbocycles. The Morgan fingerprint density at radius 2 is 0.558 bits per heavy atom. The van der Waals surface area contributed by atoms with Crippen LogP contribution in [0.4, 0.5) is 22.7 Å². The van der Waals surface area contributed by atoms with Gasteiger partial charge in [-0.05, 0) is 72.2 Å². The Bertz CT molecular complexity index is 1460. The van der Waals surface area contributed by atoms with E-state index in [4.69, 9.17) is 40.9 Å². The maximum Gasteiger partial charge on any atom is 2.00 e. The molecule has 0 saturated heterocycles. The van der Waals surface area contributed by atoms with Gasteiger partial charge in [0.15, 0.2) is 25.2 Å². The summed E-state index contributed by atoms with van der Waals surface area (Å²) in [4.78, 5) is 0. The van der Waals surface area contributed by atoms with E-state index in [2.05, 4.69) is 69.8 Å². The first-order chi connectivity index (χ1) is 24.2. The summed E-state index contributed by atoms with van der Waals surface area (Å²) in [6, 6.07) is 8.30. The molecule has 0 amide bonds. The van der Waals surface area contributed by atoms with Gasteiger partial charge in [0.2, 0.25) is 0 Å². The molecule has 0 unspecified atom stereocenters. The van der Waals surface area contributed by atoms with Crippen molar-refractivity contribution in [3.05, 3.63) is 116 Å². The molecule has 0 aromatic heterocycles. The zero-order valence-electron chi connectivity index (χ0n) is 29.0. The molecule has 12 nitrogen and oxygen atoms in total. The average molecular weight is 1100 g/mol. The van der Waals surface area contributed by atoms with Crippen molar-refractivity contribution in [3.63, 3.8) is 0 Å².